The van der Waals surface area contributed by atoms with Gasteiger partial charge in [-0.2, -0.15) is 13.2 Å². The van der Waals surface area contributed by atoms with Crippen molar-refractivity contribution in [1.29, 1.82) is 0 Å². The van der Waals surface area contributed by atoms with Crippen LogP contribution < -0.4 is 0 Å². The zero-order valence-corrected chi connectivity index (χ0v) is 13.9. The molecule has 3 aromatic rings. The summed E-state index contributed by atoms with van der Waals surface area (Å²) in [7, 11) is 0. The van der Waals surface area contributed by atoms with E-state index in [4.69, 9.17) is 0 Å². The Bertz CT molecular complexity index is 1040. The highest BCUT2D eigenvalue weighted by Gasteiger charge is 2.47. The Morgan fingerprint density at radius 1 is 1.15 bits per heavy atom. The molecule has 10 heteroatoms. The van der Waals surface area contributed by atoms with Crippen LogP contribution in [0.5, 0.6) is 0 Å². The van der Waals surface area contributed by atoms with E-state index in [2.05, 4.69) is 15.0 Å². The molecule has 27 heavy (non-hydrogen) atoms. The number of amides is 1. The summed E-state index contributed by atoms with van der Waals surface area (Å²) < 4.78 is 64.4. The second kappa shape index (κ2) is 5.54. The lowest BCUT2D eigenvalue weighted by Gasteiger charge is -2.38. The maximum Gasteiger partial charge on any atom is 0.433 e. The molecule has 2 N–H and O–H groups in total. The van der Waals surface area contributed by atoms with E-state index in [1.807, 2.05) is 0 Å². The number of hydrogen-bond acceptors (Lipinski definition) is 2. The Hall–Kier alpha value is -2.91. The first-order chi connectivity index (χ1) is 12.6. The number of carbonyl (C=O) groups excluding carboxylic acids is 1. The maximum atomic E-state index is 13.0. The third kappa shape index (κ3) is 2.84. The number of halogens is 5. The molecule has 0 unspecified atom stereocenters. The van der Waals surface area contributed by atoms with E-state index < -0.39 is 36.8 Å². The van der Waals surface area contributed by atoms with Crippen molar-refractivity contribution in [2.45, 2.75) is 19.0 Å². The Morgan fingerprint density at radius 3 is 2.44 bits per heavy atom. The van der Waals surface area contributed by atoms with Crippen molar-refractivity contribution >= 4 is 16.9 Å². The Morgan fingerprint density at radius 2 is 1.81 bits per heavy atom. The number of aromatic nitrogens is 3. The Balaban J connectivity index is 1.69. The van der Waals surface area contributed by atoms with Gasteiger partial charge >= 0.3 is 6.18 Å². The molecule has 5 nitrogen and oxygen atoms in total. The van der Waals surface area contributed by atoms with Gasteiger partial charge in [-0.25, -0.2) is 13.8 Å². The fraction of sp³-hybridized carbons (Fsp3) is 0.294. The molecule has 1 amide bonds. The van der Waals surface area contributed by atoms with Crippen molar-refractivity contribution < 1.29 is 26.7 Å². The quantitative estimate of drug-likeness (QED) is 0.657. The summed E-state index contributed by atoms with van der Waals surface area (Å²) in [5.41, 5.74) is 0.900. The number of pyridine rings is 1. The minimum atomic E-state index is -4.55. The van der Waals surface area contributed by atoms with Gasteiger partial charge in [-0.1, -0.05) is 0 Å². The summed E-state index contributed by atoms with van der Waals surface area (Å²) in [6.07, 6.45) is -1.52. The third-order valence-corrected chi connectivity index (χ3v) is 4.60. The molecular formula is C17H13F5N4O. The second-order valence-corrected chi connectivity index (χ2v) is 6.51. The topological polar surface area (TPSA) is 64.8 Å². The number of hydrogen-bond donors (Lipinski definition) is 2. The number of carbonyl (C=O) groups is 1. The van der Waals surface area contributed by atoms with Crippen molar-refractivity contribution in [2.24, 2.45) is 0 Å². The first-order valence-electron chi connectivity index (χ1n) is 7.97. The lowest BCUT2D eigenvalue weighted by Crippen LogP contribution is -2.58. The van der Waals surface area contributed by atoms with E-state index in [-0.39, 0.29) is 11.3 Å². The first-order valence-corrected chi connectivity index (χ1v) is 7.97. The van der Waals surface area contributed by atoms with Gasteiger partial charge in [0.2, 0.25) is 0 Å². The van der Waals surface area contributed by atoms with Crippen LogP contribution in [0.4, 0.5) is 22.0 Å². The zero-order valence-electron chi connectivity index (χ0n) is 13.9. The fourth-order valence-corrected chi connectivity index (χ4v) is 3.20. The molecule has 1 saturated heterocycles. The predicted octanol–water partition coefficient (Wildman–Crippen LogP) is 3.98. The van der Waals surface area contributed by atoms with Crippen molar-refractivity contribution in [3.8, 4) is 11.1 Å². The maximum absolute atomic E-state index is 13.0. The number of alkyl halides is 5. The average Bonchev–Trinajstić information content (AvgIpc) is 3.13. The smallest absolute Gasteiger partial charge is 0.356 e. The van der Waals surface area contributed by atoms with E-state index in [1.165, 1.54) is 18.5 Å². The van der Waals surface area contributed by atoms with E-state index in [0.717, 1.165) is 11.0 Å². The van der Waals surface area contributed by atoms with E-state index in [9.17, 15) is 26.7 Å². The van der Waals surface area contributed by atoms with Gasteiger partial charge in [0.15, 0.2) is 0 Å². The molecule has 0 radical (unpaired) electrons. The highest BCUT2D eigenvalue weighted by molar-refractivity contribution is 6.00. The molecular weight excluding hydrogens is 371 g/mol. The van der Waals surface area contributed by atoms with Crippen molar-refractivity contribution in [3.63, 3.8) is 0 Å². The van der Waals surface area contributed by atoms with Gasteiger partial charge in [0.25, 0.3) is 11.8 Å². The van der Waals surface area contributed by atoms with Gasteiger partial charge in [-0.15, -0.1) is 0 Å². The van der Waals surface area contributed by atoms with Crippen molar-refractivity contribution in [3.05, 3.63) is 41.5 Å². The molecule has 1 aliphatic heterocycles. The lowest BCUT2D eigenvalue weighted by atomic mass is 10.0. The van der Waals surface area contributed by atoms with Crippen LogP contribution in [0.3, 0.4) is 0 Å². The molecule has 1 fully saturated rings. The van der Waals surface area contributed by atoms with E-state index in [1.54, 1.807) is 6.92 Å². The minimum absolute atomic E-state index is 0.0655. The summed E-state index contributed by atoms with van der Waals surface area (Å²) in [5.74, 6) is -3.40. The number of nitrogens with zero attached hydrogens (tertiary/aromatic N) is 2. The molecule has 1 aliphatic rings. The minimum Gasteiger partial charge on any atom is -0.356 e. The van der Waals surface area contributed by atoms with E-state index >= 15 is 0 Å². The van der Waals surface area contributed by atoms with Crippen LogP contribution in [0.25, 0.3) is 22.2 Å². The molecule has 3 aromatic heterocycles. The Kier molecular flexibility index (Phi) is 3.59. The summed E-state index contributed by atoms with van der Waals surface area (Å²) in [6, 6.07) is 2.19. The number of likely N-dealkylation sites (tertiary alicyclic amines) is 1. The third-order valence-electron chi connectivity index (χ3n) is 4.60. The molecule has 0 spiro atoms. The van der Waals surface area contributed by atoms with Crippen molar-refractivity contribution in [2.75, 3.05) is 13.1 Å². The molecule has 0 aromatic carbocycles. The molecule has 0 bridgehead atoms. The van der Waals surface area contributed by atoms with Crippen LogP contribution in [0.1, 0.15) is 21.7 Å². The number of H-pyrrole nitrogens is 2. The number of nitrogens with one attached hydrogen (secondary N) is 2. The van der Waals surface area contributed by atoms with Gasteiger partial charge in [0, 0.05) is 28.9 Å². The van der Waals surface area contributed by atoms with Crippen LogP contribution in [0.2, 0.25) is 0 Å². The van der Waals surface area contributed by atoms with Gasteiger partial charge in [-0.05, 0) is 24.6 Å². The van der Waals surface area contributed by atoms with Crippen LogP contribution in [0.15, 0.2) is 24.5 Å². The summed E-state index contributed by atoms with van der Waals surface area (Å²) in [5, 5.41) is 0.458. The number of fused-ring (bicyclic) bond motifs is 1. The number of rotatable bonds is 2. The average molecular weight is 384 g/mol. The highest BCUT2D eigenvalue weighted by atomic mass is 19.4. The molecule has 0 atom stereocenters. The van der Waals surface area contributed by atoms with Gasteiger partial charge in [-0.3, -0.25) is 4.79 Å². The van der Waals surface area contributed by atoms with Crippen LogP contribution in [0, 0.1) is 6.92 Å². The monoisotopic (exact) mass is 384 g/mol. The van der Waals surface area contributed by atoms with Gasteiger partial charge in [0.1, 0.15) is 17.0 Å². The summed E-state index contributed by atoms with van der Waals surface area (Å²) in [6.45, 7) is 0.390. The van der Waals surface area contributed by atoms with Crippen LogP contribution in [-0.2, 0) is 6.18 Å². The molecule has 0 saturated carbocycles. The Labute approximate surface area is 149 Å². The second-order valence-electron chi connectivity index (χ2n) is 6.51. The number of aromatic amines is 2. The standard InChI is InChI=1S/C17H13F5N4O/c1-8-10(4-23-13(8)15(27)26-6-16(18,19)7-26)11-5-24-14-9(11)2-3-12(25-14)17(20,21)22/h2-5,23H,6-7H2,1H3,(H,24,25). The molecule has 4 rings (SSSR count). The normalized spacial score (nSPS) is 16.6. The summed E-state index contributed by atoms with van der Waals surface area (Å²) >= 11 is 0. The van der Waals surface area contributed by atoms with Crippen LogP contribution >= 0.6 is 0 Å². The highest BCUT2D eigenvalue weighted by Crippen LogP contribution is 2.35. The largest absolute Gasteiger partial charge is 0.433 e. The predicted molar refractivity (Wildman–Crippen MR) is 86.5 cm³/mol. The van der Waals surface area contributed by atoms with Gasteiger partial charge < -0.3 is 14.9 Å². The molecule has 0 aliphatic carbocycles. The fourth-order valence-electron chi connectivity index (χ4n) is 3.20. The molecule has 142 valence electrons. The first kappa shape index (κ1) is 17.5. The van der Waals surface area contributed by atoms with Crippen molar-refractivity contribution in [1.82, 2.24) is 19.9 Å². The van der Waals surface area contributed by atoms with E-state index in [0.29, 0.717) is 22.1 Å². The van der Waals surface area contributed by atoms with Gasteiger partial charge in [0.05, 0.1) is 13.1 Å². The molecule has 4 heterocycles. The summed E-state index contributed by atoms with van der Waals surface area (Å²) in [4.78, 5) is 22.5. The lowest BCUT2D eigenvalue weighted by molar-refractivity contribution is -0.141. The SMILES string of the molecule is Cc1c(-c2c[nH]c3nc(C(F)(F)F)ccc23)c[nH]c1C(=O)N1CC(F)(F)C1. The van der Waals surface area contributed by atoms with Crippen LogP contribution in [-0.4, -0.2) is 44.8 Å². The zero-order chi connectivity index (χ0) is 19.6.